The maximum Gasteiger partial charge on any atom is 0.251 e. The molecule has 1 heterocycles. The van der Waals surface area contributed by atoms with E-state index in [0.717, 1.165) is 0 Å². The Labute approximate surface area is 142 Å². The highest BCUT2D eigenvalue weighted by molar-refractivity contribution is 5.81. The van der Waals surface area contributed by atoms with Crippen molar-refractivity contribution >= 4 is 5.91 Å². The largest absolute Gasteiger partial charge is 0.376 e. The lowest BCUT2D eigenvalue weighted by Crippen LogP contribution is -2.47. The van der Waals surface area contributed by atoms with Gasteiger partial charge >= 0.3 is 0 Å². The van der Waals surface area contributed by atoms with Crippen LogP contribution in [0.25, 0.3) is 0 Å². The van der Waals surface area contributed by atoms with E-state index in [-0.39, 0.29) is 17.9 Å². The van der Waals surface area contributed by atoms with Gasteiger partial charge in [-0.05, 0) is 18.1 Å². The van der Waals surface area contributed by atoms with E-state index in [1.165, 1.54) is 11.1 Å². The fourth-order valence-electron chi connectivity index (χ4n) is 3.13. The number of hydrogen-bond acceptors (Lipinski definition) is 3. The van der Waals surface area contributed by atoms with Gasteiger partial charge in [0.05, 0.1) is 19.8 Å². The van der Waals surface area contributed by atoms with E-state index in [1.54, 1.807) is 0 Å². The third-order valence-corrected chi connectivity index (χ3v) is 4.30. The molecule has 2 aromatic rings. The van der Waals surface area contributed by atoms with Gasteiger partial charge in [0.2, 0.25) is 0 Å². The maximum absolute atomic E-state index is 12.5. The van der Waals surface area contributed by atoms with E-state index in [4.69, 9.17) is 9.47 Å². The van der Waals surface area contributed by atoms with Crippen molar-refractivity contribution in [2.24, 2.45) is 0 Å². The molecule has 1 aliphatic heterocycles. The third kappa shape index (κ3) is 4.02. The number of nitrogens with one attached hydrogen (secondary N) is 1. The summed E-state index contributed by atoms with van der Waals surface area (Å²) in [6.45, 7) is 3.37. The van der Waals surface area contributed by atoms with Crippen molar-refractivity contribution in [1.29, 1.82) is 0 Å². The summed E-state index contributed by atoms with van der Waals surface area (Å²) in [6.07, 6.45) is -0.520. The number of benzene rings is 2. The first-order chi connectivity index (χ1) is 11.8. The number of rotatable bonds is 5. The van der Waals surface area contributed by atoms with Gasteiger partial charge in [0, 0.05) is 12.0 Å². The Hall–Kier alpha value is -2.17. The topological polar surface area (TPSA) is 47.6 Å². The summed E-state index contributed by atoms with van der Waals surface area (Å²) < 4.78 is 10.8. The van der Waals surface area contributed by atoms with Crippen LogP contribution in [0.15, 0.2) is 60.7 Å². The lowest BCUT2D eigenvalue weighted by molar-refractivity contribution is -0.148. The SMILES string of the molecule is C[C@H](NC(=O)[C@@H]1COCCO1)C(c1ccccc1)c1ccccc1. The summed E-state index contributed by atoms with van der Waals surface area (Å²) in [5.74, 6) is -0.0279. The maximum atomic E-state index is 12.5. The van der Waals surface area contributed by atoms with Crippen molar-refractivity contribution in [2.75, 3.05) is 19.8 Å². The minimum Gasteiger partial charge on any atom is -0.376 e. The molecule has 24 heavy (non-hydrogen) atoms. The van der Waals surface area contributed by atoms with Crippen molar-refractivity contribution in [3.63, 3.8) is 0 Å². The molecule has 3 rings (SSSR count). The van der Waals surface area contributed by atoms with Gasteiger partial charge in [-0.15, -0.1) is 0 Å². The molecule has 1 aliphatic rings. The van der Waals surface area contributed by atoms with Crippen molar-refractivity contribution in [3.05, 3.63) is 71.8 Å². The molecule has 126 valence electrons. The molecule has 1 saturated heterocycles. The van der Waals surface area contributed by atoms with Crippen molar-refractivity contribution in [2.45, 2.75) is 25.0 Å². The van der Waals surface area contributed by atoms with Crippen LogP contribution in [0, 0.1) is 0 Å². The fourth-order valence-corrected chi connectivity index (χ4v) is 3.13. The van der Waals surface area contributed by atoms with E-state index in [2.05, 4.69) is 29.6 Å². The fraction of sp³-hybridized carbons (Fsp3) is 0.350. The molecule has 0 saturated carbocycles. The average molecular weight is 325 g/mol. The van der Waals surface area contributed by atoms with Gasteiger partial charge in [0.25, 0.3) is 5.91 Å². The standard InChI is InChI=1S/C20H23NO3/c1-15(21-20(22)18-14-23-12-13-24-18)19(16-8-4-2-5-9-16)17-10-6-3-7-11-17/h2-11,15,18-19H,12-14H2,1H3,(H,21,22)/t15-,18-/m0/s1. The van der Waals surface area contributed by atoms with Gasteiger partial charge in [-0.2, -0.15) is 0 Å². The van der Waals surface area contributed by atoms with E-state index in [9.17, 15) is 4.79 Å². The van der Waals surface area contributed by atoms with Crippen LogP contribution in [0.1, 0.15) is 24.0 Å². The molecular weight excluding hydrogens is 302 g/mol. The predicted molar refractivity (Wildman–Crippen MR) is 92.9 cm³/mol. The van der Waals surface area contributed by atoms with Crippen LogP contribution < -0.4 is 5.32 Å². The normalized spacial score (nSPS) is 19.0. The molecule has 4 nitrogen and oxygen atoms in total. The van der Waals surface area contributed by atoms with Gasteiger partial charge in [0.15, 0.2) is 6.10 Å². The van der Waals surface area contributed by atoms with Crippen LogP contribution in [0.2, 0.25) is 0 Å². The Kier molecular flexibility index (Phi) is 5.62. The number of hydrogen-bond donors (Lipinski definition) is 1. The Balaban J connectivity index is 1.79. The highest BCUT2D eigenvalue weighted by Gasteiger charge is 2.28. The zero-order valence-electron chi connectivity index (χ0n) is 13.9. The molecule has 1 fully saturated rings. The molecule has 2 atom stereocenters. The summed E-state index contributed by atoms with van der Waals surface area (Å²) >= 11 is 0. The van der Waals surface area contributed by atoms with Gasteiger partial charge in [-0.25, -0.2) is 0 Å². The molecule has 2 aromatic carbocycles. The number of carbonyl (C=O) groups excluding carboxylic acids is 1. The molecule has 1 amide bonds. The number of amides is 1. The molecule has 1 N–H and O–H groups in total. The first-order valence-electron chi connectivity index (χ1n) is 8.35. The monoisotopic (exact) mass is 325 g/mol. The summed E-state index contributed by atoms with van der Waals surface area (Å²) in [6, 6.07) is 20.4. The van der Waals surface area contributed by atoms with Gasteiger partial charge < -0.3 is 14.8 Å². The van der Waals surface area contributed by atoms with E-state index < -0.39 is 6.10 Å². The number of ether oxygens (including phenoxy) is 2. The molecule has 4 heteroatoms. The number of carbonyl (C=O) groups is 1. The highest BCUT2D eigenvalue weighted by Crippen LogP contribution is 2.28. The Morgan fingerprint density at radius 1 is 1.00 bits per heavy atom. The molecule has 0 bridgehead atoms. The van der Waals surface area contributed by atoms with Crippen molar-refractivity contribution in [1.82, 2.24) is 5.32 Å². The molecule has 0 spiro atoms. The van der Waals surface area contributed by atoms with Crippen LogP contribution in [-0.2, 0) is 14.3 Å². The Morgan fingerprint density at radius 2 is 1.58 bits per heavy atom. The summed E-state index contributed by atoms with van der Waals surface area (Å²) in [7, 11) is 0. The predicted octanol–water partition coefficient (Wildman–Crippen LogP) is 2.74. The van der Waals surface area contributed by atoms with Crippen LogP contribution in [-0.4, -0.2) is 37.9 Å². The Bertz CT molecular complexity index is 599. The first-order valence-corrected chi connectivity index (χ1v) is 8.35. The molecular formula is C20H23NO3. The highest BCUT2D eigenvalue weighted by atomic mass is 16.6. The van der Waals surface area contributed by atoms with Crippen LogP contribution in [0.5, 0.6) is 0 Å². The molecule has 0 radical (unpaired) electrons. The quantitative estimate of drug-likeness (QED) is 0.919. The summed E-state index contributed by atoms with van der Waals surface area (Å²) in [5, 5.41) is 3.10. The van der Waals surface area contributed by atoms with Crippen LogP contribution >= 0.6 is 0 Å². The smallest absolute Gasteiger partial charge is 0.251 e. The van der Waals surface area contributed by atoms with Crippen molar-refractivity contribution < 1.29 is 14.3 Å². The van der Waals surface area contributed by atoms with Gasteiger partial charge in [0.1, 0.15) is 0 Å². The Morgan fingerprint density at radius 3 is 2.08 bits per heavy atom. The molecule has 0 aliphatic carbocycles. The second kappa shape index (κ2) is 8.08. The first kappa shape index (κ1) is 16.7. The van der Waals surface area contributed by atoms with E-state index >= 15 is 0 Å². The minimum atomic E-state index is -0.520. The average Bonchev–Trinajstić information content (AvgIpc) is 2.64. The van der Waals surface area contributed by atoms with Crippen LogP contribution in [0.3, 0.4) is 0 Å². The minimum absolute atomic E-state index is 0.0622. The second-order valence-corrected chi connectivity index (χ2v) is 6.03. The molecule has 0 unspecified atom stereocenters. The zero-order chi connectivity index (χ0) is 16.8. The van der Waals surface area contributed by atoms with Crippen LogP contribution in [0.4, 0.5) is 0 Å². The summed E-state index contributed by atoms with van der Waals surface area (Å²) in [4.78, 5) is 12.5. The third-order valence-electron chi connectivity index (χ3n) is 4.30. The lowest BCUT2D eigenvalue weighted by Gasteiger charge is -2.29. The molecule has 0 aromatic heterocycles. The lowest BCUT2D eigenvalue weighted by atomic mass is 9.85. The second-order valence-electron chi connectivity index (χ2n) is 6.03. The zero-order valence-corrected chi connectivity index (χ0v) is 13.9. The van der Waals surface area contributed by atoms with Crippen molar-refractivity contribution in [3.8, 4) is 0 Å². The van der Waals surface area contributed by atoms with Gasteiger partial charge in [-0.3, -0.25) is 4.79 Å². The summed E-state index contributed by atoms with van der Waals surface area (Å²) in [5.41, 5.74) is 2.36. The van der Waals surface area contributed by atoms with E-state index in [0.29, 0.717) is 19.8 Å². The van der Waals surface area contributed by atoms with Gasteiger partial charge in [-0.1, -0.05) is 60.7 Å². The van der Waals surface area contributed by atoms with E-state index in [1.807, 2.05) is 43.3 Å².